The topological polar surface area (TPSA) is 81.0 Å². The quantitative estimate of drug-likeness (QED) is 0.686. The Balaban J connectivity index is 2.23. The van der Waals surface area contributed by atoms with Crippen LogP contribution in [0.5, 0.6) is 5.75 Å². The van der Waals surface area contributed by atoms with Crippen molar-refractivity contribution in [2.45, 2.75) is 25.7 Å². The fourth-order valence-electron chi connectivity index (χ4n) is 2.26. The minimum absolute atomic E-state index is 0.0599. The number of rotatable bonds is 3. The second-order valence-corrected chi connectivity index (χ2v) is 4.85. The van der Waals surface area contributed by atoms with Crippen LogP contribution in [0.2, 0.25) is 0 Å². The first kappa shape index (κ1) is 13.9. The number of β-amino-alcohol motifs (C(OH)–C–C–N with tert-alkyl or cyclic N) is 2. The number of phenols is 1. The van der Waals surface area contributed by atoms with Gasteiger partial charge in [-0.2, -0.15) is 0 Å². The molecular formula is C13H16FNO4. The highest BCUT2D eigenvalue weighted by Crippen LogP contribution is 2.27. The van der Waals surface area contributed by atoms with Gasteiger partial charge in [0.25, 0.3) is 0 Å². The van der Waals surface area contributed by atoms with Crippen LogP contribution >= 0.6 is 0 Å². The van der Waals surface area contributed by atoms with Crippen molar-refractivity contribution in [3.63, 3.8) is 0 Å². The minimum atomic E-state index is -0.844. The molecule has 1 fully saturated rings. The maximum absolute atomic E-state index is 13.4. The predicted molar refractivity (Wildman–Crippen MR) is 65.4 cm³/mol. The van der Waals surface area contributed by atoms with Crippen molar-refractivity contribution < 1.29 is 24.5 Å². The zero-order chi connectivity index (χ0) is 14.2. The van der Waals surface area contributed by atoms with E-state index in [-0.39, 0.29) is 36.5 Å². The van der Waals surface area contributed by atoms with Gasteiger partial charge in [0.05, 0.1) is 17.8 Å². The number of halogens is 1. The zero-order valence-corrected chi connectivity index (χ0v) is 10.5. The van der Waals surface area contributed by atoms with Crippen LogP contribution in [-0.4, -0.2) is 51.3 Å². The molecule has 104 valence electrons. The summed E-state index contributed by atoms with van der Waals surface area (Å²) < 4.78 is 13.4. The van der Waals surface area contributed by atoms with E-state index in [4.69, 9.17) is 0 Å². The third kappa shape index (κ3) is 2.91. The van der Waals surface area contributed by atoms with Gasteiger partial charge in [-0.15, -0.1) is 0 Å². The Hall–Kier alpha value is -1.50. The molecule has 2 atom stereocenters. The van der Waals surface area contributed by atoms with Crippen LogP contribution < -0.4 is 0 Å². The SMILES string of the molecule is CC(=O)c1cc(F)cc(CN2CC(O)C(O)C2)c1O. The van der Waals surface area contributed by atoms with E-state index in [1.807, 2.05) is 0 Å². The molecule has 3 N–H and O–H groups in total. The number of aromatic hydroxyl groups is 1. The summed E-state index contributed by atoms with van der Waals surface area (Å²) in [6.45, 7) is 1.90. The molecule has 1 aliphatic heterocycles. The fraction of sp³-hybridized carbons (Fsp3) is 0.462. The van der Waals surface area contributed by atoms with Gasteiger partial charge in [0, 0.05) is 25.2 Å². The molecule has 2 rings (SSSR count). The summed E-state index contributed by atoms with van der Waals surface area (Å²) in [4.78, 5) is 13.0. The number of nitrogens with zero attached hydrogens (tertiary/aromatic N) is 1. The van der Waals surface area contributed by atoms with E-state index in [9.17, 15) is 24.5 Å². The van der Waals surface area contributed by atoms with Crippen LogP contribution in [0.1, 0.15) is 22.8 Å². The van der Waals surface area contributed by atoms with Gasteiger partial charge in [-0.1, -0.05) is 0 Å². The summed E-state index contributed by atoms with van der Waals surface area (Å²) in [6, 6.07) is 2.15. The van der Waals surface area contributed by atoms with Gasteiger partial charge >= 0.3 is 0 Å². The number of carbonyl (C=O) groups is 1. The minimum Gasteiger partial charge on any atom is -0.507 e. The lowest BCUT2D eigenvalue weighted by molar-refractivity contribution is 0.0572. The summed E-state index contributed by atoms with van der Waals surface area (Å²) in [6.07, 6.45) is -1.69. The molecule has 1 saturated heterocycles. The van der Waals surface area contributed by atoms with E-state index in [2.05, 4.69) is 0 Å². The smallest absolute Gasteiger partial charge is 0.163 e. The van der Waals surface area contributed by atoms with E-state index in [1.165, 1.54) is 6.92 Å². The Bertz CT molecular complexity index is 496. The standard InChI is InChI=1S/C13H16FNO4/c1-7(16)10-3-9(14)2-8(13(10)19)4-15-5-11(17)12(18)6-15/h2-3,11-12,17-19H,4-6H2,1H3. The van der Waals surface area contributed by atoms with Crippen molar-refractivity contribution in [3.8, 4) is 5.75 Å². The molecule has 6 heteroatoms. The monoisotopic (exact) mass is 269 g/mol. The third-order valence-electron chi connectivity index (χ3n) is 3.26. The second-order valence-electron chi connectivity index (χ2n) is 4.85. The van der Waals surface area contributed by atoms with Crippen LogP contribution in [0, 0.1) is 5.82 Å². The summed E-state index contributed by atoms with van der Waals surface area (Å²) in [5.41, 5.74) is 0.210. The molecule has 0 aliphatic carbocycles. The van der Waals surface area contributed by atoms with Crippen molar-refractivity contribution in [1.29, 1.82) is 0 Å². The maximum atomic E-state index is 13.4. The third-order valence-corrected chi connectivity index (χ3v) is 3.26. The average molecular weight is 269 g/mol. The maximum Gasteiger partial charge on any atom is 0.163 e. The number of hydrogen-bond acceptors (Lipinski definition) is 5. The summed E-state index contributed by atoms with van der Waals surface area (Å²) in [5, 5.41) is 28.8. The molecule has 0 amide bonds. The number of ketones is 1. The molecule has 1 aliphatic rings. The van der Waals surface area contributed by atoms with Gasteiger partial charge in [0.2, 0.25) is 0 Å². The largest absolute Gasteiger partial charge is 0.507 e. The lowest BCUT2D eigenvalue weighted by Gasteiger charge is -2.16. The first-order valence-electron chi connectivity index (χ1n) is 5.99. The van der Waals surface area contributed by atoms with Gasteiger partial charge in [-0.3, -0.25) is 9.69 Å². The van der Waals surface area contributed by atoms with E-state index in [0.29, 0.717) is 0 Å². The van der Waals surface area contributed by atoms with Gasteiger partial charge in [0.1, 0.15) is 11.6 Å². The summed E-state index contributed by atoms with van der Waals surface area (Å²) in [5.74, 6) is -1.26. The number of aliphatic hydroxyl groups excluding tert-OH is 2. The highest BCUT2D eigenvalue weighted by Gasteiger charge is 2.30. The Morgan fingerprint density at radius 2 is 1.95 bits per heavy atom. The number of hydrogen-bond donors (Lipinski definition) is 3. The van der Waals surface area contributed by atoms with Crippen molar-refractivity contribution in [2.24, 2.45) is 0 Å². The molecule has 0 radical (unpaired) electrons. The van der Waals surface area contributed by atoms with Gasteiger partial charge in [-0.25, -0.2) is 4.39 Å². The Morgan fingerprint density at radius 3 is 2.47 bits per heavy atom. The zero-order valence-electron chi connectivity index (χ0n) is 10.5. The van der Waals surface area contributed by atoms with Crippen molar-refractivity contribution in [1.82, 2.24) is 4.90 Å². The van der Waals surface area contributed by atoms with Crippen LogP contribution in [0.4, 0.5) is 4.39 Å². The Labute approximate surface area is 109 Å². The Morgan fingerprint density at radius 1 is 1.37 bits per heavy atom. The molecule has 0 aromatic heterocycles. The highest BCUT2D eigenvalue weighted by molar-refractivity contribution is 5.97. The molecular weight excluding hydrogens is 253 g/mol. The average Bonchev–Trinajstić information content (AvgIpc) is 2.62. The molecule has 1 heterocycles. The summed E-state index contributed by atoms with van der Waals surface area (Å²) in [7, 11) is 0. The number of carbonyl (C=O) groups excluding carboxylic acids is 1. The first-order valence-corrected chi connectivity index (χ1v) is 5.99. The molecule has 19 heavy (non-hydrogen) atoms. The highest BCUT2D eigenvalue weighted by atomic mass is 19.1. The number of Topliss-reactive ketones (excluding diaryl/α,β-unsaturated/α-hetero) is 1. The number of aliphatic hydroxyl groups is 2. The van der Waals surface area contributed by atoms with E-state index >= 15 is 0 Å². The lowest BCUT2D eigenvalue weighted by atomic mass is 10.1. The summed E-state index contributed by atoms with van der Waals surface area (Å²) >= 11 is 0. The first-order chi connectivity index (χ1) is 8.88. The van der Waals surface area contributed by atoms with Crippen molar-refractivity contribution in [2.75, 3.05) is 13.1 Å². The van der Waals surface area contributed by atoms with Gasteiger partial charge in [-0.05, 0) is 19.1 Å². The van der Waals surface area contributed by atoms with Crippen LogP contribution in [-0.2, 0) is 6.54 Å². The molecule has 0 saturated carbocycles. The number of likely N-dealkylation sites (tertiary alicyclic amines) is 1. The second kappa shape index (κ2) is 5.24. The van der Waals surface area contributed by atoms with Crippen LogP contribution in [0.25, 0.3) is 0 Å². The molecule has 1 aromatic carbocycles. The van der Waals surface area contributed by atoms with Crippen molar-refractivity contribution in [3.05, 3.63) is 29.1 Å². The number of benzene rings is 1. The van der Waals surface area contributed by atoms with Crippen LogP contribution in [0.15, 0.2) is 12.1 Å². The fourth-order valence-corrected chi connectivity index (χ4v) is 2.26. The number of phenolic OH excluding ortho intramolecular Hbond substituents is 1. The molecule has 0 bridgehead atoms. The van der Waals surface area contributed by atoms with E-state index < -0.39 is 23.8 Å². The normalized spacial score (nSPS) is 23.8. The molecule has 1 aromatic rings. The van der Waals surface area contributed by atoms with Gasteiger partial charge in [0.15, 0.2) is 5.78 Å². The Kier molecular flexibility index (Phi) is 3.84. The van der Waals surface area contributed by atoms with E-state index in [1.54, 1.807) is 4.90 Å². The molecule has 0 spiro atoms. The predicted octanol–water partition coefficient (Wildman–Crippen LogP) is 0.271. The van der Waals surface area contributed by atoms with Crippen LogP contribution in [0.3, 0.4) is 0 Å². The lowest BCUT2D eigenvalue weighted by Crippen LogP contribution is -2.22. The van der Waals surface area contributed by atoms with Crippen molar-refractivity contribution >= 4 is 5.78 Å². The molecule has 5 nitrogen and oxygen atoms in total. The van der Waals surface area contributed by atoms with Gasteiger partial charge < -0.3 is 15.3 Å². The van der Waals surface area contributed by atoms with E-state index in [0.717, 1.165) is 12.1 Å². The molecule has 2 unspecified atom stereocenters.